The minimum atomic E-state index is -1.40. The summed E-state index contributed by atoms with van der Waals surface area (Å²) in [6.07, 6.45) is 6.90. The number of carboxylic acid groups (broad SMARTS) is 1. The summed E-state index contributed by atoms with van der Waals surface area (Å²) >= 11 is 0. The SMILES string of the molecule is O=C(O)C(O)(C1CCCCC1)C1CC1. The van der Waals surface area contributed by atoms with Crippen LogP contribution in [0.1, 0.15) is 44.9 Å². The maximum absolute atomic E-state index is 11.2. The Balaban J connectivity index is 2.12. The van der Waals surface area contributed by atoms with Crippen molar-refractivity contribution in [1.29, 1.82) is 0 Å². The molecule has 0 aromatic carbocycles. The molecule has 0 amide bonds. The lowest BCUT2D eigenvalue weighted by Gasteiger charge is -2.35. The van der Waals surface area contributed by atoms with Crippen molar-refractivity contribution in [2.24, 2.45) is 11.8 Å². The first kappa shape index (κ1) is 9.97. The van der Waals surface area contributed by atoms with Crippen LogP contribution < -0.4 is 0 Å². The third-order valence-corrected chi connectivity index (χ3v) is 3.77. The predicted octanol–water partition coefficient (Wildman–Crippen LogP) is 1.79. The molecule has 0 bridgehead atoms. The normalized spacial score (nSPS) is 28.4. The van der Waals surface area contributed by atoms with Crippen molar-refractivity contribution < 1.29 is 15.0 Å². The Morgan fingerprint density at radius 3 is 1.93 bits per heavy atom. The molecule has 0 heterocycles. The summed E-state index contributed by atoms with van der Waals surface area (Å²) in [5, 5.41) is 19.4. The van der Waals surface area contributed by atoms with E-state index in [1.807, 2.05) is 0 Å². The van der Waals surface area contributed by atoms with Crippen LogP contribution in [0.15, 0.2) is 0 Å². The fourth-order valence-electron chi connectivity index (χ4n) is 2.75. The second-order valence-corrected chi connectivity index (χ2v) is 4.74. The first-order valence-electron chi connectivity index (χ1n) is 5.61. The zero-order valence-electron chi connectivity index (χ0n) is 8.41. The van der Waals surface area contributed by atoms with E-state index in [0.29, 0.717) is 0 Å². The van der Waals surface area contributed by atoms with Crippen molar-refractivity contribution >= 4 is 5.97 Å². The highest BCUT2D eigenvalue weighted by Gasteiger charge is 2.54. The van der Waals surface area contributed by atoms with Gasteiger partial charge in [-0.15, -0.1) is 0 Å². The monoisotopic (exact) mass is 198 g/mol. The molecule has 2 aliphatic carbocycles. The second kappa shape index (κ2) is 3.54. The third kappa shape index (κ3) is 1.54. The first-order chi connectivity index (χ1) is 6.65. The van der Waals surface area contributed by atoms with Gasteiger partial charge in [-0.05, 0) is 37.5 Å². The zero-order chi connectivity index (χ0) is 10.2. The van der Waals surface area contributed by atoms with Crippen molar-refractivity contribution in [2.45, 2.75) is 50.5 Å². The molecule has 2 aliphatic rings. The first-order valence-corrected chi connectivity index (χ1v) is 5.61. The highest BCUT2D eigenvalue weighted by molar-refractivity contribution is 5.78. The molecule has 14 heavy (non-hydrogen) atoms. The number of aliphatic carboxylic acids is 1. The van der Waals surface area contributed by atoms with E-state index in [2.05, 4.69) is 0 Å². The van der Waals surface area contributed by atoms with Crippen molar-refractivity contribution in [2.75, 3.05) is 0 Å². The van der Waals surface area contributed by atoms with Gasteiger partial charge in [-0.3, -0.25) is 0 Å². The van der Waals surface area contributed by atoms with Crippen molar-refractivity contribution in [1.82, 2.24) is 0 Å². The summed E-state index contributed by atoms with van der Waals surface area (Å²) in [4.78, 5) is 11.2. The van der Waals surface area contributed by atoms with E-state index in [9.17, 15) is 9.90 Å². The molecule has 3 heteroatoms. The van der Waals surface area contributed by atoms with Gasteiger partial charge < -0.3 is 10.2 Å². The summed E-state index contributed by atoms with van der Waals surface area (Å²) in [6.45, 7) is 0. The fraction of sp³-hybridized carbons (Fsp3) is 0.909. The summed E-state index contributed by atoms with van der Waals surface area (Å²) in [6, 6.07) is 0. The number of carbonyl (C=O) groups is 1. The van der Waals surface area contributed by atoms with E-state index in [1.165, 1.54) is 6.42 Å². The molecule has 0 radical (unpaired) electrons. The van der Waals surface area contributed by atoms with Gasteiger partial charge in [-0.1, -0.05) is 19.3 Å². The molecule has 2 fully saturated rings. The average molecular weight is 198 g/mol. The quantitative estimate of drug-likeness (QED) is 0.727. The van der Waals surface area contributed by atoms with Crippen molar-refractivity contribution in [3.05, 3.63) is 0 Å². The average Bonchev–Trinajstić information content (AvgIpc) is 3.01. The van der Waals surface area contributed by atoms with Crippen LogP contribution in [-0.4, -0.2) is 21.8 Å². The third-order valence-electron chi connectivity index (χ3n) is 3.77. The second-order valence-electron chi connectivity index (χ2n) is 4.74. The van der Waals surface area contributed by atoms with E-state index in [1.54, 1.807) is 0 Å². The van der Waals surface area contributed by atoms with Gasteiger partial charge in [0.1, 0.15) is 0 Å². The summed E-state index contributed by atoms with van der Waals surface area (Å²) < 4.78 is 0. The predicted molar refractivity (Wildman–Crippen MR) is 51.9 cm³/mol. The minimum Gasteiger partial charge on any atom is -0.479 e. The molecule has 0 saturated heterocycles. The zero-order valence-corrected chi connectivity index (χ0v) is 8.41. The van der Waals surface area contributed by atoms with Gasteiger partial charge in [0.15, 0.2) is 5.60 Å². The lowest BCUT2D eigenvalue weighted by atomic mass is 9.74. The van der Waals surface area contributed by atoms with Crippen LogP contribution in [-0.2, 0) is 4.79 Å². The van der Waals surface area contributed by atoms with Crippen molar-refractivity contribution in [3.63, 3.8) is 0 Å². The topological polar surface area (TPSA) is 57.5 Å². The van der Waals surface area contributed by atoms with Crippen molar-refractivity contribution in [3.8, 4) is 0 Å². The Bertz CT molecular complexity index is 229. The molecular weight excluding hydrogens is 180 g/mol. The molecular formula is C11H18O3. The maximum atomic E-state index is 11.2. The lowest BCUT2D eigenvalue weighted by molar-refractivity contribution is -0.170. The Kier molecular flexibility index (Phi) is 2.52. The smallest absolute Gasteiger partial charge is 0.336 e. The molecule has 2 saturated carbocycles. The van der Waals surface area contributed by atoms with E-state index < -0.39 is 11.6 Å². The van der Waals surface area contributed by atoms with E-state index >= 15 is 0 Å². The van der Waals surface area contributed by atoms with Gasteiger partial charge in [-0.25, -0.2) is 4.79 Å². The summed E-state index contributed by atoms with van der Waals surface area (Å²) in [7, 11) is 0. The van der Waals surface area contributed by atoms with Crippen LogP contribution in [0, 0.1) is 11.8 Å². The van der Waals surface area contributed by atoms with E-state index in [0.717, 1.165) is 38.5 Å². The Labute approximate surface area is 84.1 Å². The Morgan fingerprint density at radius 1 is 1.00 bits per heavy atom. The number of rotatable bonds is 3. The van der Waals surface area contributed by atoms with E-state index in [4.69, 9.17) is 5.11 Å². The number of aliphatic hydroxyl groups is 1. The summed E-state index contributed by atoms with van der Waals surface area (Å²) in [5.74, 6) is -0.962. The Hall–Kier alpha value is -0.570. The highest BCUT2D eigenvalue weighted by Crippen LogP contribution is 2.47. The molecule has 0 spiro atoms. The molecule has 1 unspecified atom stereocenters. The van der Waals surface area contributed by atoms with Crippen LogP contribution in [0.3, 0.4) is 0 Å². The number of hydrogen-bond acceptors (Lipinski definition) is 2. The van der Waals surface area contributed by atoms with Gasteiger partial charge in [0, 0.05) is 0 Å². The number of hydrogen-bond donors (Lipinski definition) is 2. The highest BCUT2D eigenvalue weighted by atomic mass is 16.4. The maximum Gasteiger partial charge on any atom is 0.336 e. The van der Waals surface area contributed by atoms with Gasteiger partial charge in [0.05, 0.1) is 0 Å². The van der Waals surface area contributed by atoms with Crippen LogP contribution in [0.5, 0.6) is 0 Å². The van der Waals surface area contributed by atoms with Gasteiger partial charge >= 0.3 is 5.97 Å². The standard InChI is InChI=1S/C11H18O3/c12-10(13)11(14,9-6-7-9)8-4-2-1-3-5-8/h8-9,14H,1-7H2,(H,12,13). The molecule has 1 atom stereocenters. The van der Waals surface area contributed by atoms with E-state index in [-0.39, 0.29) is 11.8 Å². The van der Waals surface area contributed by atoms with Gasteiger partial charge in [-0.2, -0.15) is 0 Å². The summed E-state index contributed by atoms with van der Waals surface area (Å²) in [5.41, 5.74) is -1.40. The molecule has 0 aliphatic heterocycles. The largest absolute Gasteiger partial charge is 0.479 e. The molecule has 0 aromatic heterocycles. The van der Waals surface area contributed by atoms with Gasteiger partial charge in [0.2, 0.25) is 0 Å². The van der Waals surface area contributed by atoms with Crippen LogP contribution in [0.2, 0.25) is 0 Å². The molecule has 2 rings (SSSR count). The van der Waals surface area contributed by atoms with Gasteiger partial charge in [0.25, 0.3) is 0 Å². The van der Waals surface area contributed by atoms with Crippen LogP contribution in [0.25, 0.3) is 0 Å². The van der Waals surface area contributed by atoms with Crippen LogP contribution >= 0.6 is 0 Å². The molecule has 80 valence electrons. The molecule has 3 nitrogen and oxygen atoms in total. The Morgan fingerprint density at radius 2 is 1.50 bits per heavy atom. The number of carboxylic acids is 1. The lowest BCUT2D eigenvalue weighted by Crippen LogP contribution is -2.48. The molecule has 0 aromatic rings. The van der Waals surface area contributed by atoms with Crippen LogP contribution in [0.4, 0.5) is 0 Å². The minimum absolute atomic E-state index is 0.00116. The molecule has 2 N–H and O–H groups in total. The fourth-order valence-corrected chi connectivity index (χ4v) is 2.75.